The Labute approximate surface area is 159 Å². The number of aromatic nitrogens is 4. The molecule has 1 aliphatic carbocycles. The molecule has 2 aliphatic rings. The maximum Gasteiger partial charge on any atom is 0.163 e. The van der Waals surface area contributed by atoms with Gasteiger partial charge < -0.3 is 10.2 Å². The Bertz CT molecular complexity index is 928. The molecule has 1 atom stereocenters. The van der Waals surface area contributed by atoms with Crippen molar-refractivity contribution in [3.63, 3.8) is 0 Å². The van der Waals surface area contributed by atoms with Gasteiger partial charge in [0.15, 0.2) is 5.65 Å². The van der Waals surface area contributed by atoms with E-state index in [-0.39, 0.29) is 0 Å². The van der Waals surface area contributed by atoms with Gasteiger partial charge in [-0.1, -0.05) is 43.2 Å². The highest BCUT2D eigenvalue weighted by molar-refractivity contribution is 5.87. The number of hydrogen-bond donors (Lipinski definition) is 1. The van der Waals surface area contributed by atoms with Gasteiger partial charge in [-0.15, -0.1) is 0 Å². The monoisotopic (exact) mass is 362 g/mol. The lowest BCUT2D eigenvalue weighted by atomic mass is 10.0. The van der Waals surface area contributed by atoms with E-state index in [1.807, 2.05) is 17.9 Å². The second-order valence-corrected chi connectivity index (χ2v) is 7.76. The van der Waals surface area contributed by atoms with Gasteiger partial charge in [0, 0.05) is 38.6 Å². The first kappa shape index (κ1) is 16.7. The van der Waals surface area contributed by atoms with Crippen molar-refractivity contribution in [2.45, 2.75) is 37.6 Å². The van der Waals surface area contributed by atoms with Crippen LogP contribution < -0.4 is 10.2 Å². The zero-order chi connectivity index (χ0) is 18.2. The van der Waals surface area contributed by atoms with Gasteiger partial charge in [-0.05, 0) is 18.4 Å². The third kappa shape index (κ3) is 3.08. The number of piperazine rings is 1. The molecular formula is C21H26N6. The van der Waals surface area contributed by atoms with Gasteiger partial charge in [-0.3, -0.25) is 4.68 Å². The third-order valence-electron chi connectivity index (χ3n) is 5.99. The van der Waals surface area contributed by atoms with Gasteiger partial charge in [0.05, 0.1) is 11.6 Å². The van der Waals surface area contributed by atoms with Crippen molar-refractivity contribution in [3.05, 3.63) is 47.9 Å². The molecule has 0 unspecified atom stereocenters. The largest absolute Gasteiger partial charge is 0.353 e. The van der Waals surface area contributed by atoms with Gasteiger partial charge in [0.25, 0.3) is 0 Å². The summed E-state index contributed by atoms with van der Waals surface area (Å²) in [5.41, 5.74) is 2.28. The Hall–Kier alpha value is -2.47. The van der Waals surface area contributed by atoms with Crippen LogP contribution in [0.2, 0.25) is 0 Å². The van der Waals surface area contributed by atoms with Crippen LogP contribution in [0, 0.1) is 0 Å². The Kier molecular flexibility index (Phi) is 4.28. The number of nitrogens with zero attached hydrogens (tertiary/aromatic N) is 5. The molecule has 0 bridgehead atoms. The molecule has 1 saturated heterocycles. The number of rotatable bonds is 3. The molecule has 6 heteroatoms. The van der Waals surface area contributed by atoms with Crippen LogP contribution in [0.1, 0.15) is 49.0 Å². The summed E-state index contributed by atoms with van der Waals surface area (Å²) in [4.78, 5) is 12.4. The molecule has 6 nitrogen and oxygen atoms in total. The minimum Gasteiger partial charge on any atom is -0.353 e. The molecule has 0 amide bonds. The molecule has 3 heterocycles. The quantitative estimate of drug-likeness (QED) is 0.775. The van der Waals surface area contributed by atoms with Crippen LogP contribution >= 0.6 is 0 Å². The van der Waals surface area contributed by atoms with Crippen molar-refractivity contribution in [2.75, 3.05) is 24.5 Å². The molecule has 3 aromatic rings. The summed E-state index contributed by atoms with van der Waals surface area (Å²) in [7, 11) is 1.97. The lowest BCUT2D eigenvalue weighted by Crippen LogP contribution is -2.46. The summed E-state index contributed by atoms with van der Waals surface area (Å²) in [6, 6.07) is 11.0. The maximum absolute atomic E-state index is 5.08. The lowest BCUT2D eigenvalue weighted by molar-refractivity contribution is 0.469. The fourth-order valence-electron chi connectivity index (χ4n) is 4.48. The van der Waals surface area contributed by atoms with E-state index in [1.165, 1.54) is 31.2 Å². The average molecular weight is 362 g/mol. The highest BCUT2D eigenvalue weighted by atomic mass is 15.3. The first-order valence-corrected chi connectivity index (χ1v) is 10.0. The van der Waals surface area contributed by atoms with E-state index in [0.29, 0.717) is 12.0 Å². The van der Waals surface area contributed by atoms with E-state index in [0.717, 1.165) is 42.3 Å². The number of nitrogens with one attached hydrogen (secondary N) is 1. The first-order valence-electron chi connectivity index (χ1n) is 10.0. The molecule has 27 heavy (non-hydrogen) atoms. The highest BCUT2D eigenvalue weighted by Gasteiger charge is 2.27. The fraction of sp³-hybridized carbons (Fsp3) is 0.476. The maximum atomic E-state index is 5.08. The van der Waals surface area contributed by atoms with Crippen LogP contribution in [0.25, 0.3) is 11.0 Å². The SMILES string of the molecule is Cn1ncc2c(N3CCN[C@@H](c4ccccc4)C3)nc(C3CCCC3)nc21. The summed E-state index contributed by atoms with van der Waals surface area (Å²) in [6.07, 6.45) is 6.91. The number of aryl methyl sites for hydroxylation is 1. The third-order valence-corrected chi connectivity index (χ3v) is 5.99. The summed E-state index contributed by atoms with van der Waals surface area (Å²) in [5.74, 6) is 2.56. The topological polar surface area (TPSA) is 58.9 Å². The van der Waals surface area contributed by atoms with Crippen molar-refractivity contribution in [2.24, 2.45) is 7.05 Å². The molecule has 1 N–H and O–H groups in total. The zero-order valence-electron chi connectivity index (χ0n) is 15.8. The molecule has 1 saturated carbocycles. The number of fused-ring (bicyclic) bond motifs is 1. The van der Waals surface area contributed by atoms with Gasteiger partial charge in [0.1, 0.15) is 11.6 Å². The van der Waals surface area contributed by atoms with Gasteiger partial charge >= 0.3 is 0 Å². The number of anilines is 1. The van der Waals surface area contributed by atoms with Crippen LogP contribution in [0.15, 0.2) is 36.5 Å². The molecule has 0 radical (unpaired) electrons. The normalized spacial score (nSPS) is 21.2. The molecule has 0 spiro atoms. The van der Waals surface area contributed by atoms with Gasteiger partial charge in [0.2, 0.25) is 0 Å². The van der Waals surface area contributed by atoms with E-state index in [2.05, 4.69) is 45.6 Å². The Morgan fingerprint density at radius 1 is 1.07 bits per heavy atom. The summed E-state index contributed by atoms with van der Waals surface area (Å²) in [6.45, 7) is 2.81. The summed E-state index contributed by atoms with van der Waals surface area (Å²) >= 11 is 0. The lowest BCUT2D eigenvalue weighted by Gasteiger charge is -2.35. The van der Waals surface area contributed by atoms with E-state index in [1.54, 1.807) is 0 Å². The van der Waals surface area contributed by atoms with E-state index >= 15 is 0 Å². The average Bonchev–Trinajstić information content (AvgIpc) is 3.39. The Balaban J connectivity index is 1.53. The van der Waals surface area contributed by atoms with Gasteiger partial charge in [-0.2, -0.15) is 5.10 Å². The molecule has 2 fully saturated rings. The van der Waals surface area contributed by atoms with Crippen molar-refractivity contribution >= 4 is 16.9 Å². The molecular weight excluding hydrogens is 336 g/mol. The van der Waals surface area contributed by atoms with Crippen molar-refractivity contribution < 1.29 is 0 Å². The smallest absolute Gasteiger partial charge is 0.163 e. The van der Waals surface area contributed by atoms with Crippen molar-refractivity contribution in [3.8, 4) is 0 Å². The van der Waals surface area contributed by atoms with Gasteiger partial charge in [-0.25, -0.2) is 9.97 Å². The van der Waals surface area contributed by atoms with E-state index in [9.17, 15) is 0 Å². The van der Waals surface area contributed by atoms with Crippen LogP contribution in [0.5, 0.6) is 0 Å². The second-order valence-electron chi connectivity index (χ2n) is 7.76. The minimum atomic E-state index is 0.316. The predicted molar refractivity (Wildman–Crippen MR) is 107 cm³/mol. The standard InChI is InChI=1S/C21H26N6/c1-26-20-17(13-23-26)21(25-19(24-20)16-9-5-6-10-16)27-12-11-22-18(14-27)15-7-3-2-4-8-15/h2-4,7-8,13,16,18,22H,5-6,9-12,14H2,1H3/t18-/m1/s1. The van der Waals surface area contributed by atoms with Crippen molar-refractivity contribution in [1.29, 1.82) is 0 Å². The number of benzene rings is 1. The summed E-state index contributed by atoms with van der Waals surface area (Å²) < 4.78 is 1.88. The zero-order valence-corrected chi connectivity index (χ0v) is 15.8. The molecule has 140 valence electrons. The van der Waals surface area contributed by atoms with Crippen molar-refractivity contribution in [1.82, 2.24) is 25.1 Å². The van der Waals surface area contributed by atoms with Crippen LogP contribution in [-0.4, -0.2) is 39.4 Å². The fourth-order valence-corrected chi connectivity index (χ4v) is 4.48. The Morgan fingerprint density at radius 2 is 1.89 bits per heavy atom. The molecule has 1 aliphatic heterocycles. The van der Waals surface area contributed by atoms with Crippen LogP contribution in [-0.2, 0) is 7.05 Å². The van der Waals surface area contributed by atoms with E-state index < -0.39 is 0 Å². The predicted octanol–water partition coefficient (Wildman–Crippen LogP) is 3.17. The van der Waals surface area contributed by atoms with E-state index in [4.69, 9.17) is 9.97 Å². The highest BCUT2D eigenvalue weighted by Crippen LogP contribution is 2.35. The summed E-state index contributed by atoms with van der Waals surface area (Å²) in [5, 5.41) is 9.18. The molecule has 1 aromatic carbocycles. The van der Waals surface area contributed by atoms with Crippen LogP contribution in [0.4, 0.5) is 5.82 Å². The number of hydrogen-bond acceptors (Lipinski definition) is 5. The van der Waals surface area contributed by atoms with Crippen LogP contribution in [0.3, 0.4) is 0 Å². The molecule has 2 aromatic heterocycles. The first-order chi connectivity index (χ1) is 13.3. The Morgan fingerprint density at radius 3 is 2.70 bits per heavy atom. The molecule has 5 rings (SSSR count). The minimum absolute atomic E-state index is 0.316. The second kappa shape index (κ2) is 6.93.